The lowest BCUT2D eigenvalue weighted by Crippen LogP contribution is -2.14. The second-order valence-corrected chi connectivity index (χ2v) is 8.82. The minimum atomic E-state index is -4.47. The van der Waals surface area contributed by atoms with Crippen LogP contribution in [0.1, 0.15) is 0 Å². The Morgan fingerprint density at radius 1 is 0.917 bits per heavy atom. The number of hydrogen-bond acceptors (Lipinski definition) is 5. The Hall–Kier alpha value is -1.23. The molecule has 4 N–H and O–H groups in total. The lowest BCUT2D eigenvalue weighted by molar-refractivity contribution is 0.483. The van der Waals surface area contributed by atoms with Crippen LogP contribution >= 0.6 is 34.8 Å². The third-order valence-electron chi connectivity index (χ3n) is 2.82. The maximum Gasteiger partial charge on any atom is 0.294 e. The van der Waals surface area contributed by atoms with Crippen LogP contribution < -0.4 is 10.5 Å². The van der Waals surface area contributed by atoms with E-state index in [0.717, 1.165) is 24.3 Å². The molecule has 0 aliphatic carbocycles. The van der Waals surface area contributed by atoms with Crippen molar-refractivity contribution in [1.29, 1.82) is 0 Å². The summed E-state index contributed by atoms with van der Waals surface area (Å²) in [6.07, 6.45) is 0. The summed E-state index contributed by atoms with van der Waals surface area (Å²) in [6, 6.07) is 5.21. The molecule has 0 saturated heterocycles. The van der Waals surface area contributed by atoms with Crippen molar-refractivity contribution in [3.8, 4) is 0 Å². The molecule has 0 amide bonds. The highest BCUT2D eigenvalue weighted by Crippen LogP contribution is 2.33. The first-order valence-corrected chi connectivity index (χ1v) is 10.0. The highest BCUT2D eigenvalue weighted by molar-refractivity contribution is 7.92. The van der Waals surface area contributed by atoms with Gasteiger partial charge >= 0.3 is 0 Å². The Kier molecular flexibility index (Phi) is 5.24. The molecular formula is C12H9Cl3N2O5S2. The van der Waals surface area contributed by atoms with E-state index in [0.29, 0.717) is 0 Å². The molecule has 0 saturated carbocycles. The van der Waals surface area contributed by atoms with Crippen molar-refractivity contribution >= 4 is 66.3 Å². The molecule has 130 valence electrons. The Morgan fingerprint density at radius 2 is 1.54 bits per heavy atom. The quantitative estimate of drug-likeness (QED) is 0.503. The van der Waals surface area contributed by atoms with Gasteiger partial charge in [0.1, 0.15) is 4.90 Å². The highest BCUT2D eigenvalue weighted by atomic mass is 35.5. The molecule has 0 fully saturated rings. The Bertz CT molecular complexity index is 1020. The summed E-state index contributed by atoms with van der Waals surface area (Å²) in [5.74, 6) is 0. The van der Waals surface area contributed by atoms with Crippen LogP contribution in [0.3, 0.4) is 0 Å². The number of nitrogens with two attached hydrogens (primary N) is 1. The van der Waals surface area contributed by atoms with Gasteiger partial charge in [0.2, 0.25) is 0 Å². The highest BCUT2D eigenvalue weighted by Gasteiger charge is 2.22. The molecule has 0 heterocycles. The van der Waals surface area contributed by atoms with E-state index in [1.807, 2.05) is 0 Å². The maximum atomic E-state index is 12.4. The van der Waals surface area contributed by atoms with Gasteiger partial charge in [-0.3, -0.25) is 9.27 Å². The summed E-state index contributed by atoms with van der Waals surface area (Å²) in [4.78, 5) is -0.817. The van der Waals surface area contributed by atoms with Crippen LogP contribution in [0, 0.1) is 0 Å². The lowest BCUT2D eigenvalue weighted by atomic mass is 10.3. The van der Waals surface area contributed by atoms with Gasteiger partial charge in [-0.2, -0.15) is 8.42 Å². The van der Waals surface area contributed by atoms with E-state index in [9.17, 15) is 16.8 Å². The zero-order valence-corrected chi connectivity index (χ0v) is 15.4. The van der Waals surface area contributed by atoms with Crippen LogP contribution in [0.4, 0.5) is 11.4 Å². The smallest absolute Gasteiger partial charge is 0.294 e. The second-order valence-electron chi connectivity index (χ2n) is 4.53. The van der Waals surface area contributed by atoms with Crippen LogP contribution in [-0.2, 0) is 20.1 Å². The Labute approximate surface area is 153 Å². The molecule has 0 unspecified atom stereocenters. The van der Waals surface area contributed by atoms with Crippen LogP contribution in [0.25, 0.3) is 0 Å². The molecule has 0 bridgehead atoms. The van der Waals surface area contributed by atoms with Crippen molar-refractivity contribution in [2.75, 3.05) is 10.5 Å². The molecule has 7 nitrogen and oxygen atoms in total. The van der Waals surface area contributed by atoms with Crippen molar-refractivity contribution in [3.05, 3.63) is 45.4 Å². The number of benzene rings is 2. The first kappa shape index (κ1) is 19.1. The predicted molar refractivity (Wildman–Crippen MR) is 92.9 cm³/mol. The summed E-state index contributed by atoms with van der Waals surface area (Å²) in [7, 11) is -8.64. The van der Waals surface area contributed by atoms with E-state index in [4.69, 9.17) is 45.1 Å². The molecule has 0 aliphatic heterocycles. The molecule has 12 heteroatoms. The van der Waals surface area contributed by atoms with E-state index < -0.39 is 25.0 Å². The third-order valence-corrected chi connectivity index (χ3v) is 6.14. The minimum Gasteiger partial charge on any atom is -0.397 e. The van der Waals surface area contributed by atoms with Gasteiger partial charge in [0.15, 0.2) is 0 Å². The first-order valence-electron chi connectivity index (χ1n) is 5.96. The zero-order chi connectivity index (χ0) is 18.3. The third kappa shape index (κ3) is 4.05. The lowest BCUT2D eigenvalue weighted by Gasteiger charge is -2.12. The molecule has 24 heavy (non-hydrogen) atoms. The summed E-state index contributed by atoms with van der Waals surface area (Å²) < 4.78 is 57.9. The fraction of sp³-hybridized carbons (Fsp3) is 0. The van der Waals surface area contributed by atoms with Gasteiger partial charge in [-0.15, -0.1) is 0 Å². The van der Waals surface area contributed by atoms with E-state index >= 15 is 0 Å². The molecule has 0 radical (unpaired) electrons. The zero-order valence-electron chi connectivity index (χ0n) is 11.5. The number of sulfonamides is 1. The van der Waals surface area contributed by atoms with Gasteiger partial charge in [0.05, 0.1) is 31.3 Å². The molecule has 0 aliphatic rings. The molecule has 2 aromatic rings. The number of anilines is 2. The second kappa shape index (κ2) is 6.58. The number of nitrogen functional groups attached to an aromatic ring is 1. The fourth-order valence-corrected chi connectivity index (χ4v) is 4.42. The number of nitrogens with one attached hydrogen (secondary N) is 1. The van der Waals surface area contributed by atoms with E-state index in [1.54, 1.807) is 0 Å². The van der Waals surface area contributed by atoms with Crippen molar-refractivity contribution in [2.45, 2.75) is 9.79 Å². The van der Waals surface area contributed by atoms with Crippen LogP contribution in [-0.4, -0.2) is 21.4 Å². The number of halogens is 3. The number of rotatable bonds is 4. The predicted octanol–water partition coefficient (Wildman–Crippen LogP) is 3.28. The maximum absolute atomic E-state index is 12.4. The van der Waals surface area contributed by atoms with Crippen molar-refractivity contribution < 1.29 is 21.4 Å². The average Bonchev–Trinajstić information content (AvgIpc) is 2.43. The van der Waals surface area contributed by atoms with Crippen LogP contribution in [0.15, 0.2) is 40.1 Å². The van der Waals surface area contributed by atoms with Crippen molar-refractivity contribution in [2.24, 2.45) is 0 Å². The van der Waals surface area contributed by atoms with E-state index in [1.165, 1.54) is 6.07 Å². The topological polar surface area (TPSA) is 127 Å². The van der Waals surface area contributed by atoms with Gasteiger partial charge in [-0.25, -0.2) is 8.42 Å². The molecule has 2 rings (SSSR count). The summed E-state index contributed by atoms with van der Waals surface area (Å²) in [6.45, 7) is 0. The van der Waals surface area contributed by atoms with Crippen molar-refractivity contribution in [1.82, 2.24) is 0 Å². The fourth-order valence-electron chi connectivity index (χ4n) is 1.69. The van der Waals surface area contributed by atoms with Gasteiger partial charge in [0, 0.05) is 0 Å². The molecule has 0 aromatic heterocycles. The average molecular weight is 432 g/mol. The standard InChI is InChI=1S/C12H9Cl3N2O5S2/c13-7-5-12(9(15)4-10(7)16)23(18,19)17-11-2-1-6(3-8(11)14)24(20,21)22/h1-5,17H,16H2,(H,20,21,22). The Balaban J connectivity index is 2.46. The van der Waals surface area contributed by atoms with Gasteiger partial charge < -0.3 is 5.73 Å². The van der Waals surface area contributed by atoms with Gasteiger partial charge in [0.25, 0.3) is 20.1 Å². The van der Waals surface area contributed by atoms with Gasteiger partial charge in [-0.1, -0.05) is 34.8 Å². The van der Waals surface area contributed by atoms with E-state index in [2.05, 4.69) is 4.72 Å². The van der Waals surface area contributed by atoms with E-state index in [-0.39, 0.29) is 31.3 Å². The van der Waals surface area contributed by atoms with Crippen LogP contribution in [0.2, 0.25) is 15.1 Å². The number of hydrogen-bond donors (Lipinski definition) is 3. The summed E-state index contributed by atoms with van der Waals surface area (Å²) in [5.41, 5.74) is 5.52. The minimum absolute atomic E-state index is 0.00686. The molecule has 2 aromatic carbocycles. The van der Waals surface area contributed by atoms with Gasteiger partial charge in [-0.05, 0) is 30.3 Å². The molecular weight excluding hydrogens is 423 g/mol. The summed E-state index contributed by atoms with van der Waals surface area (Å²) >= 11 is 17.5. The molecule has 0 atom stereocenters. The van der Waals surface area contributed by atoms with Crippen LogP contribution in [0.5, 0.6) is 0 Å². The Morgan fingerprint density at radius 3 is 2.08 bits per heavy atom. The monoisotopic (exact) mass is 430 g/mol. The van der Waals surface area contributed by atoms with Crippen molar-refractivity contribution in [3.63, 3.8) is 0 Å². The first-order chi connectivity index (χ1) is 10.9. The molecule has 0 spiro atoms. The largest absolute Gasteiger partial charge is 0.397 e. The summed E-state index contributed by atoms with van der Waals surface area (Å²) in [5, 5.41) is -0.408. The normalized spacial score (nSPS) is 12.2. The SMILES string of the molecule is Nc1cc(Cl)c(S(=O)(=O)Nc2ccc(S(=O)(=O)O)cc2Cl)cc1Cl.